The van der Waals surface area contributed by atoms with Crippen molar-refractivity contribution in [1.82, 2.24) is 0 Å². The predicted octanol–water partition coefficient (Wildman–Crippen LogP) is 5.58. The molecule has 0 N–H and O–H groups in total. The molecule has 0 atom stereocenters. The summed E-state index contributed by atoms with van der Waals surface area (Å²) in [5.41, 5.74) is 1.72. The van der Waals surface area contributed by atoms with Gasteiger partial charge in [0.25, 0.3) is 11.6 Å². The van der Waals surface area contributed by atoms with Crippen LogP contribution >= 0.6 is 24.0 Å². The number of nitro benzene ring substituents is 1. The number of carbonyl (C=O) groups excluding carboxylic acids is 1. The number of anilines is 1. The Balaban J connectivity index is 1.65. The van der Waals surface area contributed by atoms with E-state index in [0.717, 1.165) is 0 Å². The number of carbonyl (C=O) groups is 1. The summed E-state index contributed by atoms with van der Waals surface area (Å²) in [6, 6.07) is 15.4. The molecule has 31 heavy (non-hydrogen) atoms. The highest BCUT2D eigenvalue weighted by atomic mass is 32.2. The summed E-state index contributed by atoms with van der Waals surface area (Å²) in [7, 11) is 1.53. The van der Waals surface area contributed by atoms with E-state index in [4.69, 9.17) is 21.4 Å². The van der Waals surface area contributed by atoms with Gasteiger partial charge in [0.05, 0.1) is 22.6 Å². The molecule has 1 aromatic heterocycles. The van der Waals surface area contributed by atoms with Crippen LogP contribution in [0.2, 0.25) is 0 Å². The summed E-state index contributed by atoms with van der Waals surface area (Å²) in [6.07, 6.45) is 1.62. The molecule has 0 spiro atoms. The zero-order valence-electron chi connectivity index (χ0n) is 16.5. The van der Waals surface area contributed by atoms with Gasteiger partial charge in [-0.1, -0.05) is 48.2 Å². The van der Waals surface area contributed by atoms with Crippen LogP contribution in [0.15, 0.2) is 63.9 Å². The summed E-state index contributed by atoms with van der Waals surface area (Å²) in [5.74, 6) is 1.19. The van der Waals surface area contributed by atoms with Gasteiger partial charge in [0.1, 0.15) is 17.3 Å². The van der Waals surface area contributed by atoms with Crippen molar-refractivity contribution in [3.63, 3.8) is 0 Å². The molecule has 1 fully saturated rings. The summed E-state index contributed by atoms with van der Waals surface area (Å²) < 4.78 is 11.6. The highest BCUT2D eigenvalue weighted by molar-refractivity contribution is 8.27. The third-order valence-corrected chi connectivity index (χ3v) is 6.09. The van der Waals surface area contributed by atoms with Crippen LogP contribution in [0.1, 0.15) is 11.3 Å². The average molecular weight is 453 g/mol. The van der Waals surface area contributed by atoms with E-state index in [-0.39, 0.29) is 11.6 Å². The van der Waals surface area contributed by atoms with Gasteiger partial charge in [-0.15, -0.1) is 0 Å². The highest BCUT2D eigenvalue weighted by Gasteiger charge is 2.35. The summed E-state index contributed by atoms with van der Waals surface area (Å²) in [5, 5.41) is 11.2. The minimum absolute atomic E-state index is 0.0214. The third kappa shape index (κ3) is 3.85. The number of thioether (sulfide) groups is 1. The Hall–Kier alpha value is -3.43. The van der Waals surface area contributed by atoms with E-state index >= 15 is 0 Å². The monoisotopic (exact) mass is 452 g/mol. The largest absolute Gasteiger partial charge is 0.495 e. The van der Waals surface area contributed by atoms with Crippen molar-refractivity contribution in [3.8, 4) is 17.1 Å². The number of nitro groups is 1. The van der Waals surface area contributed by atoms with Gasteiger partial charge >= 0.3 is 0 Å². The van der Waals surface area contributed by atoms with Crippen LogP contribution in [0.3, 0.4) is 0 Å². The standard InChI is InChI=1S/C22H16N2O5S2/c1-13-15(6-5-8-16(13)24(26)27)18-11-10-14(29-18)12-20-21(25)23(22(30)31-20)17-7-3-4-9-19(17)28-2/h3-12H,1-2H3/b20-12+. The van der Waals surface area contributed by atoms with Crippen LogP contribution in [0.5, 0.6) is 5.75 Å². The maximum absolute atomic E-state index is 13.0. The van der Waals surface area contributed by atoms with Gasteiger partial charge in [-0.2, -0.15) is 0 Å². The van der Waals surface area contributed by atoms with Crippen molar-refractivity contribution in [1.29, 1.82) is 0 Å². The normalized spacial score (nSPS) is 15.0. The van der Waals surface area contributed by atoms with Crippen molar-refractivity contribution >= 4 is 51.7 Å². The predicted molar refractivity (Wildman–Crippen MR) is 124 cm³/mol. The Labute approximate surface area is 187 Å². The van der Waals surface area contributed by atoms with Crippen LogP contribution in [-0.4, -0.2) is 22.3 Å². The lowest BCUT2D eigenvalue weighted by Crippen LogP contribution is -2.27. The molecule has 0 radical (unpaired) electrons. The van der Waals surface area contributed by atoms with Crippen molar-refractivity contribution in [2.45, 2.75) is 6.92 Å². The van der Waals surface area contributed by atoms with Gasteiger partial charge in [-0.05, 0) is 31.2 Å². The second-order valence-electron chi connectivity index (χ2n) is 6.60. The minimum Gasteiger partial charge on any atom is -0.495 e. The molecular formula is C22H16N2O5S2. The molecule has 3 aromatic rings. The molecular weight excluding hydrogens is 436 g/mol. The number of hydrogen-bond acceptors (Lipinski definition) is 7. The molecule has 4 rings (SSSR count). The van der Waals surface area contributed by atoms with Gasteiger partial charge in [-0.3, -0.25) is 19.8 Å². The zero-order valence-corrected chi connectivity index (χ0v) is 18.2. The quantitative estimate of drug-likeness (QED) is 0.216. The van der Waals surface area contributed by atoms with Crippen LogP contribution in [-0.2, 0) is 4.79 Å². The van der Waals surface area contributed by atoms with Crippen molar-refractivity contribution in [2.24, 2.45) is 0 Å². The summed E-state index contributed by atoms with van der Waals surface area (Å²) >= 11 is 6.58. The Kier molecular flexibility index (Phi) is 5.62. The number of hydrogen-bond donors (Lipinski definition) is 0. The second kappa shape index (κ2) is 8.37. The number of rotatable bonds is 5. The molecule has 156 valence electrons. The third-order valence-electron chi connectivity index (χ3n) is 4.79. The molecule has 1 aliphatic heterocycles. The fourth-order valence-corrected chi connectivity index (χ4v) is 4.55. The first-order valence-electron chi connectivity index (χ1n) is 9.16. The number of thiocarbonyl (C=S) groups is 1. The molecule has 2 heterocycles. The molecule has 1 amide bonds. The van der Waals surface area contributed by atoms with E-state index in [0.29, 0.717) is 43.3 Å². The second-order valence-corrected chi connectivity index (χ2v) is 8.27. The zero-order chi connectivity index (χ0) is 22.1. The van der Waals surface area contributed by atoms with E-state index in [1.807, 2.05) is 6.07 Å². The maximum atomic E-state index is 13.0. The summed E-state index contributed by atoms with van der Waals surface area (Å²) in [4.78, 5) is 25.6. The number of para-hydroxylation sites is 2. The smallest absolute Gasteiger partial charge is 0.273 e. The van der Waals surface area contributed by atoms with Gasteiger partial charge in [-0.25, -0.2) is 0 Å². The molecule has 1 aliphatic rings. The van der Waals surface area contributed by atoms with E-state index in [2.05, 4.69) is 0 Å². The van der Waals surface area contributed by atoms with E-state index < -0.39 is 4.92 Å². The van der Waals surface area contributed by atoms with Crippen molar-refractivity contribution in [2.75, 3.05) is 12.0 Å². The summed E-state index contributed by atoms with van der Waals surface area (Å²) in [6.45, 7) is 1.67. The highest BCUT2D eigenvalue weighted by Crippen LogP contribution is 2.40. The number of benzene rings is 2. The number of nitrogens with zero attached hydrogens (tertiary/aromatic N) is 2. The van der Waals surface area contributed by atoms with Crippen LogP contribution in [0, 0.1) is 17.0 Å². The van der Waals surface area contributed by atoms with E-state index in [1.54, 1.807) is 55.5 Å². The van der Waals surface area contributed by atoms with Gasteiger partial charge < -0.3 is 9.15 Å². The van der Waals surface area contributed by atoms with Crippen LogP contribution in [0.25, 0.3) is 17.4 Å². The Morgan fingerprint density at radius 1 is 1.16 bits per heavy atom. The average Bonchev–Trinajstić information content (AvgIpc) is 3.32. The Morgan fingerprint density at radius 3 is 2.68 bits per heavy atom. The topological polar surface area (TPSA) is 85.8 Å². The first-order chi connectivity index (χ1) is 14.9. The molecule has 0 aliphatic carbocycles. The fourth-order valence-electron chi connectivity index (χ4n) is 3.28. The van der Waals surface area contributed by atoms with Gasteiger partial charge in [0.15, 0.2) is 4.32 Å². The Morgan fingerprint density at radius 2 is 1.94 bits per heavy atom. The molecule has 2 aromatic carbocycles. The molecule has 1 saturated heterocycles. The minimum atomic E-state index is -0.425. The van der Waals surface area contributed by atoms with Gasteiger partial charge in [0.2, 0.25) is 0 Å². The van der Waals surface area contributed by atoms with Gasteiger partial charge in [0, 0.05) is 23.3 Å². The maximum Gasteiger partial charge on any atom is 0.273 e. The molecule has 0 saturated carbocycles. The number of amides is 1. The first-order valence-corrected chi connectivity index (χ1v) is 10.4. The fraction of sp³-hybridized carbons (Fsp3) is 0.0909. The van der Waals surface area contributed by atoms with Crippen molar-refractivity contribution < 1.29 is 18.9 Å². The number of ether oxygens (including phenoxy) is 1. The SMILES string of the molecule is COc1ccccc1N1C(=O)/C(=C\c2ccc(-c3cccc([N+](=O)[O-])c3C)o2)SC1=S. The molecule has 0 bridgehead atoms. The first kappa shape index (κ1) is 20.8. The van der Waals surface area contributed by atoms with E-state index in [9.17, 15) is 14.9 Å². The number of methoxy groups -OCH3 is 1. The molecule has 9 heteroatoms. The molecule has 7 nitrogen and oxygen atoms in total. The Bertz CT molecular complexity index is 1250. The lowest BCUT2D eigenvalue weighted by atomic mass is 10.1. The van der Waals surface area contributed by atoms with Crippen molar-refractivity contribution in [3.05, 3.63) is 80.9 Å². The number of furan rings is 1. The van der Waals surface area contributed by atoms with Crippen LogP contribution < -0.4 is 9.64 Å². The molecule has 0 unspecified atom stereocenters. The van der Waals surface area contributed by atoms with E-state index in [1.165, 1.54) is 29.8 Å². The van der Waals surface area contributed by atoms with Crippen LogP contribution in [0.4, 0.5) is 11.4 Å². The lowest BCUT2D eigenvalue weighted by Gasteiger charge is -2.17. The lowest BCUT2D eigenvalue weighted by molar-refractivity contribution is -0.385.